The highest BCUT2D eigenvalue weighted by Gasteiger charge is 2.23. The van der Waals surface area contributed by atoms with Crippen LogP contribution in [0.15, 0.2) is 29.8 Å². The van der Waals surface area contributed by atoms with E-state index in [0.29, 0.717) is 36.2 Å². The zero-order valence-electron chi connectivity index (χ0n) is 9.61. The Hall–Kier alpha value is -1.68. The van der Waals surface area contributed by atoms with E-state index in [1.807, 2.05) is 11.9 Å². The van der Waals surface area contributed by atoms with Crippen LogP contribution in [0.3, 0.4) is 0 Å². The summed E-state index contributed by atoms with van der Waals surface area (Å²) in [5, 5.41) is 9.15. The van der Waals surface area contributed by atoms with E-state index < -0.39 is 5.97 Å². The van der Waals surface area contributed by atoms with Gasteiger partial charge in [-0.3, -0.25) is 0 Å². The topological polar surface area (TPSA) is 40.5 Å². The molecule has 0 amide bonds. The summed E-state index contributed by atoms with van der Waals surface area (Å²) in [6, 6.07) is 6.31. The highest BCUT2D eigenvalue weighted by Crippen LogP contribution is 2.27. The van der Waals surface area contributed by atoms with Crippen LogP contribution in [0.1, 0.15) is 12.0 Å². The zero-order chi connectivity index (χ0) is 12.4. The van der Waals surface area contributed by atoms with Crippen molar-refractivity contribution < 1.29 is 14.3 Å². The van der Waals surface area contributed by atoms with E-state index in [1.54, 1.807) is 18.2 Å². The second-order valence-electron chi connectivity index (χ2n) is 4.23. The molecule has 4 heteroatoms. The summed E-state index contributed by atoms with van der Waals surface area (Å²) in [6.07, 6.45) is 0.454. The molecule has 0 unspecified atom stereocenters. The van der Waals surface area contributed by atoms with Gasteiger partial charge in [-0.25, -0.2) is 9.18 Å². The zero-order valence-corrected chi connectivity index (χ0v) is 9.61. The molecule has 1 aromatic carbocycles. The molecule has 1 N–H and O–H groups in total. The van der Waals surface area contributed by atoms with E-state index >= 15 is 0 Å². The summed E-state index contributed by atoms with van der Waals surface area (Å²) in [6.45, 7) is 1.17. The van der Waals surface area contributed by atoms with Gasteiger partial charge in [-0.1, -0.05) is 18.2 Å². The molecule has 0 aromatic heterocycles. The molecule has 0 saturated carbocycles. The fourth-order valence-electron chi connectivity index (χ4n) is 2.09. The number of rotatable bonds is 2. The SMILES string of the molecule is CN1CCC(C(=O)O)=C(c2ccccc2F)C1. The molecule has 2 rings (SSSR count). The van der Waals surface area contributed by atoms with Crippen molar-refractivity contribution in [1.82, 2.24) is 4.90 Å². The standard InChI is InChI=1S/C13H14FNO2/c1-15-7-6-10(13(16)17)11(8-15)9-4-2-3-5-12(9)14/h2-5H,6-8H2,1H3,(H,16,17). The van der Waals surface area contributed by atoms with Crippen LogP contribution in [-0.4, -0.2) is 36.1 Å². The van der Waals surface area contributed by atoms with Gasteiger partial charge in [0.15, 0.2) is 0 Å². The molecular formula is C13H14FNO2. The largest absolute Gasteiger partial charge is 0.478 e. The molecule has 0 fully saturated rings. The molecule has 3 nitrogen and oxygen atoms in total. The highest BCUT2D eigenvalue weighted by atomic mass is 19.1. The van der Waals surface area contributed by atoms with Crippen molar-refractivity contribution in [3.8, 4) is 0 Å². The van der Waals surface area contributed by atoms with Crippen LogP contribution in [-0.2, 0) is 4.79 Å². The van der Waals surface area contributed by atoms with Gasteiger partial charge in [0.1, 0.15) is 5.82 Å². The summed E-state index contributed by atoms with van der Waals surface area (Å²) in [7, 11) is 1.90. The molecule has 0 aliphatic carbocycles. The lowest BCUT2D eigenvalue weighted by Crippen LogP contribution is -2.29. The minimum Gasteiger partial charge on any atom is -0.478 e. The quantitative estimate of drug-likeness (QED) is 0.852. The van der Waals surface area contributed by atoms with E-state index in [2.05, 4.69) is 0 Å². The number of likely N-dealkylation sites (N-methyl/N-ethyl adjacent to an activating group) is 1. The Morgan fingerprint density at radius 1 is 1.41 bits per heavy atom. The first-order valence-corrected chi connectivity index (χ1v) is 5.48. The van der Waals surface area contributed by atoms with Crippen LogP contribution in [0.2, 0.25) is 0 Å². The van der Waals surface area contributed by atoms with Crippen LogP contribution in [0.5, 0.6) is 0 Å². The predicted molar refractivity (Wildman–Crippen MR) is 63.1 cm³/mol. The van der Waals surface area contributed by atoms with Crippen molar-refractivity contribution in [1.29, 1.82) is 0 Å². The Bertz CT molecular complexity index is 482. The van der Waals surface area contributed by atoms with E-state index in [0.717, 1.165) is 0 Å². The number of nitrogens with zero attached hydrogens (tertiary/aromatic N) is 1. The second kappa shape index (κ2) is 4.67. The molecule has 0 saturated heterocycles. The van der Waals surface area contributed by atoms with Crippen molar-refractivity contribution in [3.63, 3.8) is 0 Å². The minimum absolute atomic E-state index is 0.327. The van der Waals surface area contributed by atoms with E-state index in [1.165, 1.54) is 6.07 Å². The Balaban J connectivity index is 2.52. The number of aliphatic carboxylic acids is 1. The molecule has 17 heavy (non-hydrogen) atoms. The smallest absolute Gasteiger partial charge is 0.331 e. The van der Waals surface area contributed by atoms with Gasteiger partial charge in [0.2, 0.25) is 0 Å². The third-order valence-corrected chi connectivity index (χ3v) is 2.99. The maximum atomic E-state index is 13.7. The first-order chi connectivity index (χ1) is 8.09. The third kappa shape index (κ3) is 2.36. The van der Waals surface area contributed by atoms with Crippen LogP contribution in [0, 0.1) is 5.82 Å². The van der Waals surface area contributed by atoms with Crippen molar-refractivity contribution in [2.75, 3.05) is 20.1 Å². The van der Waals surface area contributed by atoms with Crippen LogP contribution < -0.4 is 0 Å². The van der Waals surface area contributed by atoms with Gasteiger partial charge >= 0.3 is 5.97 Å². The predicted octanol–water partition coefficient (Wildman–Crippen LogP) is 2.00. The van der Waals surface area contributed by atoms with Gasteiger partial charge in [0.05, 0.1) is 0 Å². The van der Waals surface area contributed by atoms with Gasteiger partial charge < -0.3 is 10.0 Å². The molecule has 90 valence electrons. The van der Waals surface area contributed by atoms with Crippen molar-refractivity contribution in [2.24, 2.45) is 0 Å². The van der Waals surface area contributed by atoms with Crippen molar-refractivity contribution >= 4 is 11.5 Å². The van der Waals surface area contributed by atoms with Gasteiger partial charge in [0.25, 0.3) is 0 Å². The van der Waals surface area contributed by atoms with Gasteiger partial charge in [-0.2, -0.15) is 0 Å². The Morgan fingerprint density at radius 2 is 2.12 bits per heavy atom. The Labute approximate surface area is 99.2 Å². The maximum Gasteiger partial charge on any atom is 0.331 e. The second-order valence-corrected chi connectivity index (χ2v) is 4.23. The van der Waals surface area contributed by atoms with Gasteiger partial charge in [-0.05, 0) is 25.1 Å². The summed E-state index contributed by atoms with van der Waals surface area (Å²) in [5.41, 5.74) is 1.31. The van der Waals surface area contributed by atoms with Crippen molar-refractivity contribution in [2.45, 2.75) is 6.42 Å². The number of carboxylic acids is 1. The average Bonchev–Trinajstić information content (AvgIpc) is 2.29. The number of carbonyl (C=O) groups is 1. The summed E-state index contributed by atoms with van der Waals surface area (Å²) in [4.78, 5) is 13.2. The van der Waals surface area contributed by atoms with Crippen LogP contribution in [0.4, 0.5) is 4.39 Å². The first kappa shape index (κ1) is 11.8. The van der Waals surface area contributed by atoms with E-state index in [-0.39, 0.29) is 5.82 Å². The minimum atomic E-state index is -0.948. The molecular weight excluding hydrogens is 221 g/mol. The maximum absolute atomic E-state index is 13.7. The van der Waals surface area contributed by atoms with Crippen LogP contribution in [0.25, 0.3) is 5.57 Å². The normalized spacial score (nSPS) is 17.3. The lowest BCUT2D eigenvalue weighted by Gasteiger charge is -2.26. The number of halogens is 1. The van der Waals surface area contributed by atoms with E-state index in [4.69, 9.17) is 5.11 Å². The molecule has 0 radical (unpaired) electrons. The summed E-state index contributed by atoms with van der Waals surface area (Å²) in [5.74, 6) is -1.31. The summed E-state index contributed by atoms with van der Waals surface area (Å²) >= 11 is 0. The van der Waals surface area contributed by atoms with Gasteiger partial charge in [-0.15, -0.1) is 0 Å². The highest BCUT2D eigenvalue weighted by molar-refractivity contribution is 5.97. The number of hydrogen-bond acceptors (Lipinski definition) is 2. The molecule has 1 aliphatic rings. The summed E-state index contributed by atoms with van der Waals surface area (Å²) < 4.78 is 13.7. The molecule has 1 aliphatic heterocycles. The lowest BCUT2D eigenvalue weighted by molar-refractivity contribution is -0.132. The molecule has 1 aromatic rings. The molecule has 0 atom stereocenters. The number of benzene rings is 1. The fourth-order valence-corrected chi connectivity index (χ4v) is 2.09. The Morgan fingerprint density at radius 3 is 2.76 bits per heavy atom. The Kier molecular flexibility index (Phi) is 3.24. The fraction of sp³-hybridized carbons (Fsp3) is 0.308. The van der Waals surface area contributed by atoms with Crippen molar-refractivity contribution in [3.05, 3.63) is 41.2 Å². The average molecular weight is 235 g/mol. The molecule has 0 bridgehead atoms. The first-order valence-electron chi connectivity index (χ1n) is 5.48. The lowest BCUT2D eigenvalue weighted by atomic mass is 9.94. The van der Waals surface area contributed by atoms with Gasteiger partial charge in [0, 0.05) is 24.2 Å². The van der Waals surface area contributed by atoms with Crippen LogP contribution >= 0.6 is 0 Å². The van der Waals surface area contributed by atoms with E-state index in [9.17, 15) is 9.18 Å². The number of carboxylic acid groups (broad SMARTS) is 1. The monoisotopic (exact) mass is 235 g/mol. The third-order valence-electron chi connectivity index (χ3n) is 2.99. The number of hydrogen-bond donors (Lipinski definition) is 1. The molecule has 1 heterocycles. The molecule has 0 spiro atoms.